The second-order valence-electron chi connectivity index (χ2n) is 11.8. The fraction of sp³-hybridized carbons (Fsp3) is 0.432. The number of primary amides is 1. The number of methoxy groups -OCH3 is 2. The Morgan fingerprint density at radius 2 is 1.40 bits per heavy atom. The molecular weight excluding hydrogens is 596 g/mol. The minimum Gasteiger partial charge on any atom is -0.497 e. The van der Waals surface area contributed by atoms with Gasteiger partial charge < -0.3 is 35.8 Å². The summed E-state index contributed by atoms with van der Waals surface area (Å²) < 4.78 is 10.6. The molecule has 254 valence electrons. The first kappa shape index (κ1) is 37.1. The highest BCUT2D eigenvalue weighted by atomic mass is 16.5. The predicted molar refractivity (Wildman–Crippen MR) is 183 cm³/mol. The largest absolute Gasteiger partial charge is 0.497 e. The van der Waals surface area contributed by atoms with Gasteiger partial charge in [-0.2, -0.15) is 0 Å². The summed E-state index contributed by atoms with van der Waals surface area (Å²) >= 11 is 0. The Morgan fingerprint density at radius 3 is 2.00 bits per heavy atom. The number of nitrogens with one attached hydrogen (secondary N) is 2. The van der Waals surface area contributed by atoms with Crippen LogP contribution in [0.15, 0.2) is 66.7 Å². The van der Waals surface area contributed by atoms with Crippen molar-refractivity contribution in [1.29, 1.82) is 0 Å². The van der Waals surface area contributed by atoms with E-state index >= 15 is 0 Å². The van der Waals surface area contributed by atoms with Crippen molar-refractivity contribution in [3.8, 4) is 11.5 Å². The fourth-order valence-electron chi connectivity index (χ4n) is 5.57. The summed E-state index contributed by atoms with van der Waals surface area (Å²) in [6, 6.07) is 20.0. The molecule has 0 radical (unpaired) electrons. The van der Waals surface area contributed by atoms with Crippen LogP contribution in [0, 0.1) is 0 Å². The lowest BCUT2D eigenvalue weighted by Gasteiger charge is -2.25. The zero-order valence-electron chi connectivity index (χ0n) is 28.1. The zero-order valence-corrected chi connectivity index (χ0v) is 28.1. The molecule has 10 heteroatoms. The van der Waals surface area contributed by atoms with E-state index in [2.05, 4.69) is 10.6 Å². The Labute approximate surface area is 278 Å². The van der Waals surface area contributed by atoms with Gasteiger partial charge in [0.1, 0.15) is 11.5 Å². The maximum absolute atomic E-state index is 13.5. The van der Waals surface area contributed by atoms with E-state index in [1.807, 2.05) is 79.4 Å². The van der Waals surface area contributed by atoms with Crippen molar-refractivity contribution in [3.05, 3.63) is 94.5 Å². The molecule has 0 spiro atoms. The molecule has 0 aliphatic heterocycles. The van der Waals surface area contributed by atoms with Gasteiger partial charge in [-0.25, -0.2) is 0 Å². The number of benzene rings is 3. The minimum absolute atomic E-state index is 0.00203. The van der Waals surface area contributed by atoms with Crippen LogP contribution in [-0.4, -0.2) is 73.7 Å². The van der Waals surface area contributed by atoms with E-state index in [4.69, 9.17) is 15.2 Å². The van der Waals surface area contributed by atoms with Gasteiger partial charge in [-0.15, -0.1) is 0 Å². The third kappa shape index (κ3) is 12.7. The molecule has 3 rings (SSSR count). The number of ether oxygens (including phenoxy) is 2. The summed E-state index contributed by atoms with van der Waals surface area (Å²) in [7, 11) is 3.22. The third-order valence-electron chi connectivity index (χ3n) is 7.79. The maximum atomic E-state index is 13.5. The standard InChI is InChI=1S/C37H50N4O6/c1-5-14-41(15-6-2)37(45)23-30-17-28(21-35(38)43)16-29(18-30)22-36(44)40-33(20-26-10-12-31(46-3)13-11-26)34(42)25-39-24-27-8-7-9-32(19-27)47-4/h7-13,16-19,33-34,39,42H,5-6,14-15,20-25H2,1-4H3,(H2,38,43)(H,40,44)/t33-,34+/m0/s1. The normalized spacial score (nSPS) is 12.2. The van der Waals surface area contributed by atoms with E-state index in [9.17, 15) is 19.5 Å². The molecule has 2 atom stereocenters. The number of nitrogens with zero attached hydrogens (tertiary/aromatic N) is 1. The summed E-state index contributed by atoms with van der Waals surface area (Å²) in [5.41, 5.74) is 9.47. The van der Waals surface area contributed by atoms with Crippen LogP contribution >= 0.6 is 0 Å². The number of hydrogen-bond donors (Lipinski definition) is 4. The van der Waals surface area contributed by atoms with Crippen molar-refractivity contribution in [3.63, 3.8) is 0 Å². The van der Waals surface area contributed by atoms with Crippen LogP contribution in [0.25, 0.3) is 0 Å². The number of nitrogens with two attached hydrogens (primary N) is 1. The molecule has 0 bridgehead atoms. The summed E-state index contributed by atoms with van der Waals surface area (Å²) in [6.45, 7) is 6.18. The highest BCUT2D eigenvalue weighted by Gasteiger charge is 2.23. The van der Waals surface area contributed by atoms with Crippen molar-refractivity contribution in [2.75, 3.05) is 33.9 Å². The van der Waals surface area contributed by atoms with E-state index < -0.39 is 18.1 Å². The zero-order chi connectivity index (χ0) is 34.2. The third-order valence-corrected chi connectivity index (χ3v) is 7.79. The number of aliphatic hydroxyl groups is 1. The first-order chi connectivity index (χ1) is 22.6. The van der Waals surface area contributed by atoms with Crippen LogP contribution in [-0.2, 0) is 46.6 Å². The first-order valence-corrected chi connectivity index (χ1v) is 16.3. The summed E-state index contributed by atoms with van der Waals surface area (Å²) in [6.07, 6.45) is 1.39. The van der Waals surface area contributed by atoms with Gasteiger partial charge >= 0.3 is 0 Å². The van der Waals surface area contributed by atoms with Crippen LogP contribution < -0.4 is 25.8 Å². The van der Waals surface area contributed by atoms with E-state index in [0.717, 1.165) is 35.3 Å². The van der Waals surface area contributed by atoms with Crippen molar-refractivity contribution < 1.29 is 29.0 Å². The van der Waals surface area contributed by atoms with Crippen molar-refractivity contribution in [2.45, 2.75) is 71.1 Å². The monoisotopic (exact) mass is 646 g/mol. The Kier molecular flexibility index (Phi) is 15.2. The molecule has 0 fully saturated rings. The number of hydrogen-bond acceptors (Lipinski definition) is 7. The molecule has 5 N–H and O–H groups in total. The van der Waals surface area contributed by atoms with Crippen molar-refractivity contribution in [1.82, 2.24) is 15.5 Å². The molecule has 3 amide bonds. The summed E-state index contributed by atoms with van der Waals surface area (Å²) in [5.74, 6) is 0.687. The molecule has 47 heavy (non-hydrogen) atoms. The molecule has 0 saturated heterocycles. The van der Waals surface area contributed by atoms with Gasteiger partial charge in [0.25, 0.3) is 0 Å². The Bertz CT molecular complexity index is 1440. The highest BCUT2D eigenvalue weighted by molar-refractivity contribution is 5.81. The van der Waals surface area contributed by atoms with Gasteiger partial charge in [-0.1, -0.05) is 56.3 Å². The average Bonchev–Trinajstić information content (AvgIpc) is 3.04. The number of aliphatic hydroxyl groups excluding tert-OH is 1. The SMILES string of the molecule is CCCN(CCC)C(=O)Cc1cc(CC(N)=O)cc(CC(=O)N[C@@H](Cc2ccc(OC)cc2)[C@H](O)CNCc2cccc(OC)c2)c1. The summed E-state index contributed by atoms with van der Waals surface area (Å²) in [5, 5.41) is 17.6. The van der Waals surface area contributed by atoms with Crippen LogP contribution in [0.3, 0.4) is 0 Å². The average molecular weight is 647 g/mol. The maximum Gasteiger partial charge on any atom is 0.226 e. The minimum atomic E-state index is -0.899. The van der Waals surface area contributed by atoms with Gasteiger partial charge in [0, 0.05) is 26.2 Å². The molecule has 0 saturated carbocycles. The quantitative estimate of drug-likeness (QED) is 0.148. The van der Waals surface area contributed by atoms with Crippen molar-refractivity contribution in [2.24, 2.45) is 5.73 Å². The highest BCUT2D eigenvalue weighted by Crippen LogP contribution is 2.17. The van der Waals surface area contributed by atoms with E-state index in [1.165, 1.54) is 0 Å². The number of carbonyl (C=O) groups excluding carboxylic acids is 3. The molecule has 0 aromatic heterocycles. The first-order valence-electron chi connectivity index (χ1n) is 16.3. The lowest BCUT2D eigenvalue weighted by Crippen LogP contribution is -2.49. The van der Waals surface area contributed by atoms with Gasteiger partial charge in [0.2, 0.25) is 17.7 Å². The second kappa shape index (κ2) is 19.3. The Balaban J connectivity index is 1.76. The molecule has 0 aliphatic carbocycles. The van der Waals surface area contributed by atoms with E-state index in [0.29, 0.717) is 42.9 Å². The Hall–Kier alpha value is -4.41. The van der Waals surface area contributed by atoms with Gasteiger partial charge in [0.05, 0.1) is 45.6 Å². The number of carbonyl (C=O) groups is 3. The van der Waals surface area contributed by atoms with Crippen LogP contribution in [0.2, 0.25) is 0 Å². The lowest BCUT2D eigenvalue weighted by molar-refractivity contribution is -0.130. The number of rotatable bonds is 20. The Morgan fingerprint density at radius 1 is 0.787 bits per heavy atom. The molecular formula is C37H50N4O6. The van der Waals surface area contributed by atoms with Crippen LogP contribution in [0.1, 0.15) is 54.5 Å². The molecule has 0 aliphatic rings. The molecule has 10 nitrogen and oxygen atoms in total. The van der Waals surface area contributed by atoms with Crippen molar-refractivity contribution >= 4 is 17.7 Å². The topological polar surface area (TPSA) is 143 Å². The molecule has 3 aromatic rings. The summed E-state index contributed by atoms with van der Waals surface area (Å²) in [4.78, 5) is 40.2. The number of amides is 3. The van der Waals surface area contributed by atoms with Crippen LogP contribution in [0.4, 0.5) is 0 Å². The van der Waals surface area contributed by atoms with Crippen LogP contribution in [0.5, 0.6) is 11.5 Å². The second-order valence-corrected chi connectivity index (χ2v) is 11.8. The van der Waals surface area contributed by atoms with Gasteiger partial charge in [-0.3, -0.25) is 14.4 Å². The smallest absolute Gasteiger partial charge is 0.226 e. The van der Waals surface area contributed by atoms with Gasteiger partial charge in [-0.05, 0) is 71.3 Å². The molecule has 0 unspecified atom stereocenters. The van der Waals surface area contributed by atoms with E-state index in [-0.39, 0.29) is 37.6 Å². The fourth-order valence-corrected chi connectivity index (χ4v) is 5.57. The van der Waals surface area contributed by atoms with Gasteiger partial charge in [0.15, 0.2) is 0 Å². The van der Waals surface area contributed by atoms with E-state index in [1.54, 1.807) is 20.3 Å². The lowest BCUT2D eigenvalue weighted by atomic mass is 9.98. The predicted octanol–water partition coefficient (Wildman–Crippen LogP) is 3.34. The molecule has 0 heterocycles. The molecule has 3 aromatic carbocycles.